The van der Waals surface area contributed by atoms with Gasteiger partial charge in [0.05, 0.1) is 12.5 Å². The van der Waals surface area contributed by atoms with Crippen LogP contribution < -0.4 is 10.7 Å². The molecule has 1 aliphatic heterocycles. The summed E-state index contributed by atoms with van der Waals surface area (Å²) in [4.78, 5) is 48.9. The highest BCUT2D eigenvalue weighted by Gasteiger charge is 2.36. The second kappa shape index (κ2) is 9.74. The molecule has 1 saturated heterocycles. The average Bonchev–Trinajstić information content (AvgIpc) is 3.09. The Hall–Kier alpha value is -3.20. The van der Waals surface area contributed by atoms with Crippen molar-refractivity contribution in [2.75, 3.05) is 18.5 Å². The second-order valence-electron chi connectivity index (χ2n) is 7.33. The summed E-state index contributed by atoms with van der Waals surface area (Å²) in [5.41, 5.74) is 5.40. The molecule has 3 amide bonds. The minimum Gasteiger partial charge on any atom is -0.455 e. The van der Waals surface area contributed by atoms with E-state index in [0.29, 0.717) is 11.3 Å². The first kappa shape index (κ1) is 22.5. The van der Waals surface area contributed by atoms with Crippen LogP contribution in [0.5, 0.6) is 0 Å². The normalized spacial score (nSPS) is 15.5. The van der Waals surface area contributed by atoms with Crippen LogP contribution in [0.1, 0.15) is 27.9 Å². The molecule has 0 bridgehead atoms. The molecule has 8 nitrogen and oxygen atoms in total. The number of amides is 3. The first-order chi connectivity index (χ1) is 14.7. The molecule has 31 heavy (non-hydrogen) atoms. The molecule has 1 heterocycles. The van der Waals surface area contributed by atoms with E-state index in [4.69, 9.17) is 4.74 Å². The summed E-state index contributed by atoms with van der Waals surface area (Å²) in [6.07, 6.45) is -0.0968. The summed E-state index contributed by atoms with van der Waals surface area (Å²) < 4.78 is 5.96. The first-order valence-electron chi connectivity index (χ1n) is 9.63. The van der Waals surface area contributed by atoms with E-state index in [9.17, 15) is 19.2 Å². The summed E-state index contributed by atoms with van der Waals surface area (Å²) in [6.45, 7) is 3.27. The van der Waals surface area contributed by atoms with Crippen LogP contribution in [0.25, 0.3) is 0 Å². The second-order valence-corrected chi connectivity index (χ2v) is 8.24. The monoisotopic (exact) mass is 487 g/mol. The van der Waals surface area contributed by atoms with Crippen LogP contribution in [0.4, 0.5) is 5.69 Å². The number of carbonyl (C=O) groups is 4. The van der Waals surface area contributed by atoms with Gasteiger partial charge in [-0.15, -0.1) is 0 Å². The molecule has 2 aromatic carbocycles. The number of halogens is 1. The molecule has 2 N–H and O–H groups in total. The van der Waals surface area contributed by atoms with Crippen molar-refractivity contribution in [3.63, 3.8) is 0 Å². The molecule has 0 radical (unpaired) electrons. The summed E-state index contributed by atoms with van der Waals surface area (Å²) in [6, 6.07) is 12.3. The minimum absolute atomic E-state index is 0.0112. The number of hydrogen-bond donors (Lipinski definition) is 2. The number of ether oxygens (including phenoxy) is 1. The molecule has 3 rings (SSSR count). The van der Waals surface area contributed by atoms with Crippen LogP contribution in [0.3, 0.4) is 0 Å². The van der Waals surface area contributed by atoms with E-state index in [1.807, 2.05) is 19.9 Å². The van der Waals surface area contributed by atoms with Crippen molar-refractivity contribution in [3.05, 3.63) is 63.6 Å². The Morgan fingerprint density at radius 2 is 1.84 bits per heavy atom. The summed E-state index contributed by atoms with van der Waals surface area (Å²) in [7, 11) is 0. The zero-order chi connectivity index (χ0) is 22.5. The highest BCUT2D eigenvalue weighted by atomic mass is 79.9. The Kier molecular flexibility index (Phi) is 7.06. The third-order valence-corrected chi connectivity index (χ3v) is 5.31. The molecular weight excluding hydrogens is 466 g/mol. The first-order valence-corrected chi connectivity index (χ1v) is 10.4. The molecule has 0 aromatic heterocycles. The van der Waals surface area contributed by atoms with Crippen molar-refractivity contribution < 1.29 is 23.9 Å². The van der Waals surface area contributed by atoms with Gasteiger partial charge in [-0.2, -0.15) is 0 Å². The average molecular weight is 488 g/mol. The number of carbonyl (C=O) groups excluding carboxylic acids is 4. The number of rotatable bonds is 6. The Morgan fingerprint density at radius 3 is 2.52 bits per heavy atom. The maximum atomic E-state index is 12.3. The van der Waals surface area contributed by atoms with E-state index < -0.39 is 36.2 Å². The number of nitrogens with zero attached hydrogens (tertiary/aromatic N) is 1. The van der Waals surface area contributed by atoms with E-state index in [1.54, 1.807) is 36.4 Å². The van der Waals surface area contributed by atoms with Gasteiger partial charge in [-0.05, 0) is 49.7 Å². The number of benzene rings is 2. The summed E-state index contributed by atoms with van der Waals surface area (Å²) in [5.74, 6) is -2.73. The molecule has 1 fully saturated rings. The topological polar surface area (TPSA) is 105 Å². The van der Waals surface area contributed by atoms with Gasteiger partial charge in [0.2, 0.25) is 5.91 Å². The lowest BCUT2D eigenvalue weighted by atomic mass is 10.1. The predicted molar refractivity (Wildman–Crippen MR) is 117 cm³/mol. The van der Waals surface area contributed by atoms with Crippen LogP contribution >= 0.6 is 15.9 Å². The van der Waals surface area contributed by atoms with Gasteiger partial charge in [-0.25, -0.2) is 0 Å². The molecule has 0 saturated carbocycles. The standard InChI is InChI=1S/C22H22BrN3O5/c1-13-3-5-15(6-4-13)21(29)25-26-11-16(10-20(26)28)22(30)31-12-19(27)24-18-8-7-17(23)9-14(18)2/h3-9,16H,10-12H2,1-2H3,(H,24,27)(H,25,29)/t16-/m1/s1. The quantitative estimate of drug-likeness (QED) is 0.609. The smallest absolute Gasteiger partial charge is 0.311 e. The van der Waals surface area contributed by atoms with Crippen molar-refractivity contribution in [2.24, 2.45) is 5.92 Å². The van der Waals surface area contributed by atoms with E-state index >= 15 is 0 Å². The van der Waals surface area contributed by atoms with E-state index in [2.05, 4.69) is 26.7 Å². The lowest BCUT2D eigenvalue weighted by Crippen LogP contribution is -2.43. The van der Waals surface area contributed by atoms with Gasteiger partial charge in [0, 0.05) is 22.1 Å². The zero-order valence-corrected chi connectivity index (χ0v) is 18.7. The minimum atomic E-state index is -0.756. The largest absolute Gasteiger partial charge is 0.455 e. The van der Waals surface area contributed by atoms with Crippen LogP contribution in [-0.4, -0.2) is 41.9 Å². The van der Waals surface area contributed by atoms with Crippen molar-refractivity contribution >= 4 is 45.3 Å². The molecule has 9 heteroatoms. The van der Waals surface area contributed by atoms with Crippen molar-refractivity contribution in [2.45, 2.75) is 20.3 Å². The number of esters is 1. The number of anilines is 1. The van der Waals surface area contributed by atoms with E-state index in [0.717, 1.165) is 20.6 Å². The fraction of sp³-hybridized carbons (Fsp3) is 0.273. The third kappa shape index (κ3) is 5.91. The fourth-order valence-electron chi connectivity index (χ4n) is 3.07. The zero-order valence-electron chi connectivity index (χ0n) is 17.1. The van der Waals surface area contributed by atoms with E-state index in [1.165, 1.54) is 0 Å². The molecule has 1 atom stereocenters. The van der Waals surface area contributed by atoms with Gasteiger partial charge < -0.3 is 10.1 Å². The van der Waals surface area contributed by atoms with Gasteiger partial charge in [0.15, 0.2) is 6.61 Å². The Labute approximate surface area is 188 Å². The van der Waals surface area contributed by atoms with Gasteiger partial charge >= 0.3 is 5.97 Å². The highest BCUT2D eigenvalue weighted by Crippen LogP contribution is 2.20. The summed E-state index contributed by atoms with van der Waals surface area (Å²) >= 11 is 3.35. The SMILES string of the molecule is Cc1ccc(C(=O)NN2C[C@H](C(=O)OCC(=O)Nc3ccc(Br)cc3C)CC2=O)cc1. The van der Waals surface area contributed by atoms with Crippen LogP contribution in [0, 0.1) is 19.8 Å². The lowest BCUT2D eigenvalue weighted by Gasteiger charge is -2.17. The van der Waals surface area contributed by atoms with Crippen LogP contribution in [0.2, 0.25) is 0 Å². The molecule has 1 aliphatic rings. The third-order valence-electron chi connectivity index (χ3n) is 4.82. The maximum Gasteiger partial charge on any atom is 0.311 e. The maximum absolute atomic E-state index is 12.3. The molecule has 2 aromatic rings. The highest BCUT2D eigenvalue weighted by molar-refractivity contribution is 9.10. The van der Waals surface area contributed by atoms with Crippen molar-refractivity contribution in [1.82, 2.24) is 10.4 Å². The number of aryl methyl sites for hydroxylation is 2. The fourth-order valence-corrected chi connectivity index (χ4v) is 3.55. The molecule has 162 valence electrons. The Balaban J connectivity index is 1.48. The molecule has 0 spiro atoms. The predicted octanol–water partition coefficient (Wildman–Crippen LogP) is 2.74. The molecular formula is C22H22BrN3O5. The van der Waals surface area contributed by atoms with Crippen LogP contribution in [0.15, 0.2) is 46.9 Å². The number of nitrogens with one attached hydrogen (secondary N) is 2. The van der Waals surface area contributed by atoms with Crippen molar-refractivity contribution in [3.8, 4) is 0 Å². The van der Waals surface area contributed by atoms with Gasteiger partial charge in [-0.3, -0.25) is 29.6 Å². The van der Waals surface area contributed by atoms with Gasteiger partial charge in [0.25, 0.3) is 11.8 Å². The van der Waals surface area contributed by atoms with Gasteiger partial charge in [0.1, 0.15) is 0 Å². The van der Waals surface area contributed by atoms with Crippen molar-refractivity contribution in [1.29, 1.82) is 0 Å². The number of hydrogen-bond acceptors (Lipinski definition) is 5. The van der Waals surface area contributed by atoms with Gasteiger partial charge in [-0.1, -0.05) is 33.6 Å². The van der Waals surface area contributed by atoms with Crippen LogP contribution in [-0.2, 0) is 19.1 Å². The molecule has 0 aliphatic carbocycles. The Morgan fingerprint density at radius 1 is 1.13 bits per heavy atom. The number of hydrazine groups is 1. The lowest BCUT2D eigenvalue weighted by molar-refractivity contribution is -0.151. The molecule has 0 unspecified atom stereocenters. The summed E-state index contributed by atoms with van der Waals surface area (Å²) in [5, 5.41) is 3.79. The van der Waals surface area contributed by atoms with E-state index in [-0.39, 0.29) is 13.0 Å². The Bertz CT molecular complexity index is 1020.